The molecule has 0 saturated heterocycles. The van der Waals surface area contributed by atoms with Gasteiger partial charge in [0, 0.05) is 0 Å². The fraction of sp³-hybridized carbons (Fsp3) is 0.533. The van der Waals surface area contributed by atoms with Gasteiger partial charge in [0.15, 0.2) is 0 Å². The number of nitrogen functional groups attached to an aromatic ring is 1. The molecule has 1 fully saturated rings. The van der Waals surface area contributed by atoms with Crippen molar-refractivity contribution in [2.75, 3.05) is 12.3 Å². The van der Waals surface area contributed by atoms with Gasteiger partial charge in [0.1, 0.15) is 5.82 Å². The lowest BCUT2D eigenvalue weighted by Crippen LogP contribution is -2.23. The van der Waals surface area contributed by atoms with Crippen LogP contribution in [-0.2, 0) is 9.53 Å². The fourth-order valence-corrected chi connectivity index (χ4v) is 2.72. The molecule has 0 bridgehead atoms. The third kappa shape index (κ3) is 3.25. The van der Waals surface area contributed by atoms with Gasteiger partial charge in [-0.05, 0) is 56.2 Å². The molecule has 0 amide bonds. The molecule has 104 valence electrons. The maximum Gasteiger partial charge on any atom is 0.308 e. The first-order valence-corrected chi connectivity index (χ1v) is 6.83. The number of carbonyl (C=O) groups is 1. The number of halogens is 1. The van der Waals surface area contributed by atoms with E-state index in [1.54, 1.807) is 6.07 Å². The van der Waals surface area contributed by atoms with Crippen LogP contribution in [0.3, 0.4) is 0 Å². The minimum absolute atomic E-state index is 0.00910. The molecule has 1 aromatic carbocycles. The van der Waals surface area contributed by atoms with Crippen molar-refractivity contribution in [3.8, 4) is 0 Å². The zero-order valence-corrected chi connectivity index (χ0v) is 11.2. The number of hydrogen-bond donors (Lipinski definition) is 1. The highest BCUT2D eigenvalue weighted by Crippen LogP contribution is 2.36. The van der Waals surface area contributed by atoms with Crippen LogP contribution in [0.2, 0.25) is 0 Å². The van der Waals surface area contributed by atoms with Crippen molar-refractivity contribution in [2.24, 2.45) is 5.92 Å². The smallest absolute Gasteiger partial charge is 0.308 e. The summed E-state index contributed by atoms with van der Waals surface area (Å²) in [5.74, 6) is -0.120. The lowest BCUT2D eigenvalue weighted by atomic mass is 9.78. The van der Waals surface area contributed by atoms with Crippen LogP contribution < -0.4 is 5.73 Å². The Balaban J connectivity index is 1.96. The third-order valence-corrected chi connectivity index (χ3v) is 3.84. The molecular formula is C15H20FNO2. The zero-order chi connectivity index (χ0) is 13.8. The van der Waals surface area contributed by atoms with Crippen molar-refractivity contribution in [1.29, 1.82) is 0 Å². The van der Waals surface area contributed by atoms with E-state index >= 15 is 0 Å². The number of hydrogen-bond acceptors (Lipinski definition) is 3. The molecule has 0 aliphatic heterocycles. The van der Waals surface area contributed by atoms with Gasteiger partial charge < -0.3 is 10.5 Å². The van der Waals surface area contributed by atoms with E-state index in [-0.39, 0.29) is 23.4 Å². The minimum atomic E-state index is -0.356. The van der Waals surface area contributed by atoms with Gasteiger partial charge in [-0.2, -0.15) is 0 Å². The van der Waals surface area contributed by atoms with E-state index in [9.17, 15) is 9.18 Å². The van der Waals surface area contributed by atoms with E-state index in [0.717, 1.165) is 31.2 Å². The Hall–Kier alpha value is -1.58. The normalized spacial score (nSPS) is 23.1. The summed E-state index contributed by atoms with van der Waals surface area (Å²) in [5, 5.41) is 0. The van der Waals surface area contributed by atoms with E-state index in [1.165, 1.54) is 6.07 Å². The summed E-state index contributed by atoms with van der Waals surface area (Å²) < 4.78 is 18.5. The number of rotatable bonds is 3. The van der Waals surface area contributed by atoms with Crippen molar-refractivity contribution in [2.45, 2.75) is 38.5 Å². The molecular weight excluding hydrogens is 245 g/mol. The van der Waals surface area contributed by atoms with Gasteiger partial charge >= 0.3 is 5.97 Å². The molecule has 1 aromatic rings. The first-order valence-electron chi connectivity index (χ1n) is 6.83. The van der Waals surface area contributed by atoms with E-state index in [4.69, 9.17) is 10.5 Å². The van der Waals surface area contributed by atoms with E-state index in [2.05, 4.69) is 0 Å². The third-order valence-electron chi connectivity index (χ3n) is 3.84. The van der Waals surface area contributed by atoms with Gasteiger partial charge in [-0.1, -0.05) is 6.07 Å². The molecule has 0 atom stereocenters. The Morgan fingerprint density at radius 2 is 2.05 bits per heavy atom. The van der Waals surface area contributed by atoms with Crippen molar-refractivity contribution < 1.29 is 13.9 Å². The average molecular weight is 265 g/mol. The molecule has 2 N–H and O–H groups in total. The summed E-state index contributed by atoms with van der Waals surface area (Å²) >= 11 is 0. The van der Waals surface area contributed by atoms with Crippen LogP contribution >= 0.6 is 0 Å². The van der Waals surface area contributed by atoms with Gasteiger partial charge in [0.05, 0.1) is 18.2 Å². The second kappa shape index (κ2) is 6.04. The second-order valence-corrected chi connectivity index (χ2v) is 5.08. The van der Waals surface area contributed by atoms with Crippen LogP contribution in [0, 0.1) is 11.7 Å². The Kier molecular flexibility index (Phi) is 4.40. The van der Waals surface area contributed by atoms with Crippen LogP contribution in [0.1, 0.15) is 44.1 Å². The quantitative estimate of drug-likeness (QED) is 0.674. The van der Waals surface area contributed by atoms with E-state index in [1.807, 2.05) is 13.0 Å². The largest absolute Gasteiger partial charge is 0.466 e. The molecule has 2 rings (SSSR count). The van der Waals surface area contributed by atoms with Crippen molar-refractivity contribution >= 4 is 11.7 Å². The lowest BCUT2D eigenvalue weighted by Gasteiger charge is -2.27. The molecule has 0 radical (unpaired) electrons. The van der Waals surface area contributed by atoms with Crippen LogP contribution in [0.25, 0.3) is 0 Å². The van der Waals surface area contributed by atoms with Crippen LogP contribution in [0.5, 0.6) is 0 Å². The van der Waals surface area contributed by atoms with E-state index < -0.39 is 0 Å². The number of anilines is 1. The number of esters is 1. The topological polar surface area (TPSA) is 52.3 Å². The second-order valence-electron chi connectivity index (χ2n) is 5.08. The van der Waals surface area contributed by atoms with Gasteiger partial charge in [-0.15, -0.1) is 0 Å². The maximum absolute atomic E-state index is 13.4. The van der Waals surface area contributed by atoms with Gasteiger partial charge in [0.25, 0.3) is 0 Å². The predicted molar refractivity (Wildman–Crippen MR) is 72.1 cm³/mol. The monoisotopic (exact) mass is 265 g/mol. The van der Waals surface area contributed by atoms with Crippen molar-refractivity contribution in [3.63, 3.8) is 0 Å². The van der Waals surface area contributed by atoms with Gasteiger partial charge in [-0.3, -0.25) is 4.79 Å². The summed E-state index contributed by atoms with van der Waals surface area (Å²) in [4.78, 5) is 11.6. The molecule has 4 heteroatoms. The summed E-state index contributed by atoms with van der Waals surface area (Å²) in [6.45, 7) is 2.25. The standard InChI is InChI=1S/C15H20FNO2/c1-2-19-15(18)11-5-3-10(4-6-11)12-7-8-14(17)13(16)9-12/h7-11H,2-6,17H2,1H3/t10-,11-. The van der Waals surface area contributed by atoms with Crippen molar-refractivity contribution in [1.82, 2.24) is 0 Å². The molecule has 0 spiro atoms. The SMILES string of the molecule is CCOC(=O)[C@H]1CC[C@H](c2ccc(N)c(F)c2)CC1. The zero-order valence-electron chi connectivity index (χ0n) is 11.2. The summed E-state index contributed by atoms with van der Waals surface area (Å²) in [6.07, 6.45) is 3.42. The minimum Gasteiger partial charge on any atom is -0.466 e. The average Bonchev–Trinajstić information content (AvgIpc) is 2.42. The first kappa shape index (κ1) is 13.8. The molecule has 0 aromatic heterocycles. The highest BCUT2D eigenvalue weighted by Gasteiger charge is 2.28. The highest BCUT2D eigenvalue weighted by atomic mass is 19.1. The maximum atomic E-state index is 13.4. The molecule has 1 aliphatic carbocycles. The van der Waals surface area contributed by atoms with Crippen LogP contribution in [0.4, 0.5) is 10.1 Å². The predicted octanol–water partition coefficient (Wildman–Crippen LogP) is 3.24. The summed E-state index contributed by atoms with van der Waals surface area (Å²) in [7, 11) is 0. The fourth-order valence-electron chi connectivity index (χ4n) is 2.72. The van der Waals surface area contributed by atoms with Crippen LogP contribution in [-0.4, -0.2) is 12.6 Å². The van der Waals surface area contributed by atoms with E-state index in [0.29, 0.717) is 12.5 Å². The summed E-state index contributed by atoms with van der Waals surface area (Å²) in [5.41, 5.74) is 6.64. The first-order chi connectivity index (χ1) is 9.11. The molecule has 0 heterocycles. The number of carbonyl (C=O) groups excluding carboxylic acids is 1. The van der Waals surface area contributed by atoms with Crippen molar-refractivity contribution in [3.05, 3.63) is 29.6 Å². The lowest BCUT2D eigenvalue weighted by molar-refractivity contribution is -0.149. The number of ether oxygens (including phenoxy) is 1. The van der Waals surface area contributed by atoms with Gasteiger partial charge in [0.2, 0.25) is 0 Å². The van der Waals surface area contributed by atoms with Crippen LogP contribution in [0.15, 0.2) is 18.2 Å². The summed E-state index contributed by atoms with van der Waals surface area (Å²) in [6, 6.07) is 5.01. The Bertz CT molecular complexity index is 453. The molecule has 1 aliphatic rings. The molecule has 1 saturated carbocycles. The van der Waals surface area contributed by atoms with Gasteiger partial charge in [-0.25, -0.2) is 4.39 Å². The molecule has 3 nitrogen and oxygen atoms in total. The molecule has 19 heavy (non-hydrogen) atoms. The Morgan fingerprint density at radius 3 is 2.63 bits per heavy atom. The number of nitrogens with two attached hydrogens (primary N) is 1. The number of benzene rings is 1. The molecule has 0 unspecified atom stereocenters. The Labute approximate surface area is 112 Å². The highest BCUT2D eigenvalue weighted by molar-refractivity contribution is 5.72. The Morgan fingerprint density at radius 1 is 1.37 bits per heavy atom.